The molecule has 3 aromatic rings. The van der Waals surface area contributed by atoms with Crippen molar-refractivity contribution in [1.82, 2.24) is 10.2 Å². The summed E-state index contributed by atoms with van der Waals surface area (Å²) >= 11 is 0. The highest BCUT2D eigenvalue weighted by atomic mass is 19.1. The molecule has 3 rings (SSSR count). The number of rotatable bonds is 3. The molecule has 1 atom stereocenters. The number of benzene rings is 2. The summed E-state index contributed by atoms with van der Waals surface area (Å²) < 4.78 is 32.9. The second kappa shape index (κ2) is 5.23. The van der Waals surface area contributed by atoms with Gasteiger partial charge in [0.2, 0.25) is 0 Å². The number of aliphatic hydroxyl groups excluding tert-OH is 1. The molecule has 0 aliphatic heterocycles. The SMILES string of the molecule is COC(O)c1ccc(-c2n[nH]c3cccc(F)c23)c(F)c1. The molecular formula is C15H12F2N2O2. The molecule has 21 heavy (non-hydrogen) atoms. The van der Waals surface area contributed by atoms with Gasteiger partial charge >= 0.3 is 0 Å². The van der Waals surface area contributed by atoms with E-state index in [2.05, 4.69) is 10.2 Å². The third-order valence-electron chi connectivity index (χ3n) is 3.30. The minimum Gasteiger partial charge on any atom is -0.364 e. The lowest BCUT2D eigenvalue weighted by Gasteiger charge is -2.10. The Labute approximate surface area is 119 Å². The molecule has 2 N–H and O–H groups in total. The Morgan fingerprint density at radius 2 is 2.00 bits per heavy atom. The second-order valence-corrected chi connectivity index (χ2v) is 4.56. The van der Waals surface area contributed by atoms with Crippen LogP contribution in [0.25, 0.3) is 22.2 Å². The maximum Gasteiger partial charge on any atom is 0.180 e. The molecule has 108 valence electrons. The molecule has 0 aliphatic carbocycles. The largest absolute Gasteiger partial charge is 0.364 e. The van der Waals surface area contributed by atoms with Gasteiger partial charge in [-0.05, 0) is 24.3 Å². The van der Waals surface area contributed by atoms with Crippen LogP contribution in [0.4, 0.5) is 8.78 Å². The van der Waals surface area contributed by atoms with Crippen LogP contribution in [0.5, 0.6) is 0 Å². The van der Waals surface area contributed by atoms with Gasteiger partial charge < -0.3 is 9.84 Å². The van der Waals surface area contributed by atoms with Gasteiger partial charge in [-0.2, -0.15) is 5.10 Å². The van der Waals surface area contributed by atoms with E-state index in [-0.39, 0.29) is 22.2 Å². The van der Waals surface area contributed by atoms with E-state index in [9.17, 15) is 13.9 Å². The zero-order valence-electron chi connectivity index (χ0n) is 11.1. The molecule has 0 bridgehead atoms. The van der Waals surface area contributed by atoms with E-state index in [0.717, 1.165) is 6.07 Å². The van der Waals surface area contributed by atoms with Crippen LogP contribution in [-0.4, -0.2) is 22.4 Å². The zero-order chi connectivity index (χ0) is 15.0. The molecule has 0 spiro atoms. The number of hydrogen-bond acceptors (Lipinski definition) is 3. The Kier molecular flexibility index (Phi) is 3.40. The first kappa shape index (κ1) is 13.7. The minimum absolute atomic E-state index is 0.151. The van der Waals surface area contributed by atoms with Gasteiger partial charge in [0.15, 0.2) is 6.29 Å². The number of aliphatic hydroxyl groups is 1. The smallest absolute Gasteiger partial charge is 0.180 e. The van der Waals surface area contributed by atoms with E-state index in [0.29, 0.717) is 5.52 Å². The molecule has 0 amide bonds. The molecule has 1 aromatic heterocycles. The lowest BCUT2D eigenvalue weighted by Crippen LogP contribution is -2.00. The average molecular weight is 290 g/mol. The standard InChI is InChI=1S/C15H12F2N2O2/c1-21-15(20)8-5-6-9(11(17)7-8)14-13-10(16)3-2-4-12(13)18-19-14/h2-7,15,20H,1H3,(H,18,19). The zero-order valence-corrected chi connectivity index (χ0v) is 11.1. The Morgan fingerprint density at radius 3 is 2.71 bits per heavy atom. The highest BCUT2D eigenvalue weighted by molar-refractivity contribution is 5.93. The van der Waals surface area contributed by atoms with Gasteiger partial charge in [-0.15, -0.1) is 0 Å². The van der Waals surface area contributed by atoms with Crippen molar-refractivity contribution in [2.75, 3.05) is 7.11 Å². The first-order valence-corrected chi connectivity index (χ1v) is 6.25. The van der Waals surface area contributed by atoms with Gasteiger partial charge in [0.05, 0.1) is 10.9 Å². The molecule has 2 aromatic carbocycles. The number of hydrogen-bond donors (Lipinski definition) is 2. The van der Waals surface area contributed by atoms with Crippen LogP contribution in [0.15, 0.2) is 36.4 Å². The van der Waals surface area contributed by atoms with E-state index >= 15 is 0 Å². The Balaban J connectivity index is 2.15. The average Bonchev–Trinajstić information content (AvgIpc) is 2.91. The number of halogens is 2. The van der Waals surface area contributed by atoms with Crippen LogP contribution in [0.2, 0.25) is 0 Å². The van der Waals surface area contributed by atoms with Gasteiger partial charge in [-0.3, -0.25) is 5.10 Å². The van der Waals surface area contributed by atoms with Gasteiger partial charge in [0, 0.05) is 18.2 Å². The van der Waals surface area contributed by atoms with Crippen LogP contribution in [0.3, 0.4) is 0 Å². The van der Waals surface area contributed by atoms with Crippen molar-refractivity contribution in [3.8, 4) is 11.3 Å². The number of aromatic amines is 1. The van der Waals surface area contributed by atoms with E-state index < -0.39 is 17.9 Å². The van der Waals surface area contributed by atoms with Crippen molar-refractivity contribution in [2.24, 2.45) is 0 Å². The molecule has 0 saturated carbocycles. The lowest BCUT2D eigenvalue weighted by molar-refractivity contribution is -0.0770. The van der Waals surface area contributed by atoms with Crippen molar-refractivity contribution < 1.29 is 18.6 Å². The molecule has 6 heteroatoms. The molecule has 1 unspecified atom stereocenters. The molecular weight excluding hydrogens is 278 g/mol. The van der Waals surface area contributed by atoms with Crippen LogP contribution in [0.1, 0.15) is 11.9 Å². The van der Waals surface area contributed by atoms with Gasteiger partial charge in [0.1, 0.15) is 17.3 Å². The fourth-order valence-electron chi connectivity index (χ4n) is 2.24. The monoisotopic (exact) mass is 290 g/mol. The normalized spacial score (nSPS) is 12.8. The van der Waals surface area contributed by atoms with Crippen molar-refractivity contribution in [3.63, 3.8) is 0 Å². The fraction of sp³-hybridized carbons (Fsp3) is 0.133. The predicted octanol–water partition coefficient (Wildman–Crippen LogP) is 3.15. The number of nitrogens with zero attached hydrogens (tertiary/aromatic N) is 1. The summed E-state index contributed by atoms with van der Waals surface area (Å²) in [5, 5.41) is 16.4. The summed E-state index contributed by atoms with van der Waals surface area (Å²) in [6.45, 7) is 0. The van der Waals surface area contributed by atoms with Gasteiger partial charge in [-0.25, -0.2) is 8.78 Å². The number of H-pyrrole nitrogens is 1. The van der Waals surface area contributed by atoms with E-state index in [1.807, 2.05) is 0 Å². The number of ether oxygens (including phenoxy) is 1. The summed E-state index contributed by atoms with van der Waals surface area (Å²) in [6, 6.07) is 8.60. The summed E-state index contributed by atoms with van der Waals surface area (Å²) in [5.74, 6) is -1.09. The summed E-state index contributed by atoms with van der Waals surface area (Å²) in [4.78, 5) is 0. The van der Waals surface area contributed by atoms with E-state index in [1.54, 1.807) is 12.1 Å². The fourth-order valence-corrected chi connectivity index (χ4v) is 2.24. The summed E-state index contributed by atoms with van der Waals surface area (Å²) in [5.41, 5.74) is 1.11. The molecule has 0 fully saturated rings. The molecule has 0 aliphatic rings. The van der Waals surface area contributed by atoms with Crippen molar-refractivity contribution >= 4 is 10.9 Å². The molecule has 1 heterocycles. The maximum atomic E-state index is 14.2. The van der Waals surface area contributed by atoms with Crippen LogP contribution in [0, 0.1) is 11.6 Å². The number of methoxy groups -OCH3 is 1. The highest BCUT2D eigenvalue weighted by Gasteiger charge is 2.17. The van der Waals surface area contributed by atoms with E-state index in [1.165, 1.54) is 25.3 Å². The van der Waals surface area contributed by atoms with Crippen LogP contribution in [-0.2, 0) is 4.74 Å². The number of fused-ring (bicyclic) bond motifs is 1. The third-order valence-corrected chi connectivity index (χ3v) is 3.30. The Morgan fingerprint density at radius 1 is 1.19 bits per heavy atom. The molecule has 0 saturated heterocycles. The van der Waals surface area contributed by atoms with Crippen LogP contribution >= 0.6 is 0 Å². The summed E-state index contributed by atoms with van der Waals surface area (Å²) in [7, 11) is 1.31. The third kappa shape index (κ3) is 2.28. The van der Waals surface area contributed by atoms with Crippen LogP contribution < -0.4 is 0 Å². The van der Waals surface area contributed by atoms with E-state index in [4.69, 9.17) is 4.74 Å². The first-order chi connectivity index (χ1) is 10.1. The van der Waals surface area contributed by atoms with Gasteiger partial charge in [0.25, 0.3) is 0 Å². The quantitative estimate of drug-likeness (QED) is 0.729. The van der Waals surface area contributed by atoms with Crippen molar-refractivity contribution in [3.05, 3.63) is 53.6 Å². The van der Waals surface area contributed by atoms with Crippen molar-refractivity contribution in [2.45, 2.75) is 6.29 Å². The van der Waals surface area contributed by atoms with Gasteiger partial charge in [-0.1, -0.05) is 12.1 Å². The highest BCUT2D eigenvalue weighted by Crippen LogP contribution is 2.31. The Hall–Kier alpha value is -2.31. The summed E-state index contributed by atoms with van der Waals surface area (Å²) in [6.07, 6.45) is -1.21. The topological polar surface area (TPSA) is 58.1 Å². The first-order valence-electron chi connectivity index (χ1n) is 6.25. The maximum absolute atomic E-state index is 14.2. The number of aromatic nitrogens is 2. The van der Waals surface area contributed by atoms with Crippen molar-refractivity contribution in [1.29, 1.82) is 0 Å². The lowest BCUT2D eigenvalue weighted by atomic mass is 10.0. The second-order valence-electron chi connectivity index (χ2n) is 4.56. The Bertz CT molecular complexity index is 801. The molecule has 4 nitrogen and oxygen atoms in total. The predicted molar refractivity (Wildman–Crippen MR) is 73.4 cm³/mol. The minimum atomic E-state index is -1.21. The molecule has 0 radical (unpaired) electrons. The number of nitrogens with one attached hydrogen (secondary N) is 1.